The average Bonchev–Trinajstić information content (AvgIpc) is 3.17. The molecular weight excluding hydrogens is 532 g/mol. The van der Waals surface area contributed by atoms with Crippen LogP contribution in [0.25, 0.3) is 17.1 Å². The number of halogens is 3. The van der Waals surface area contributed by atoms with Crippen molar-refractivity contribution in [2.24, 2.45) is 0 Å². The van der Waals surface area contributed by atoms with Crippen molar-refractivity contribution in [3.8, 4) is 17.1 Å². The number of rotatable bonds is 4. The Kier molecular flexibility index (Phi) is 6.04. The van der Waals surface area contributed by atoms with Crippen LogP contribution in [0.4, 0.5) is 5.69 Å². The van der Waals surface area contributed by atoms with Crippen molar-refractivity contribution in [1.82, 2.24) is 14.8 Å². The largest absolute Gasteiger partial charge is 0.319 e. The zero-order chi connectivity index (χ0) is 21.3. The van der Waals surface area contributed by atoms with E-state index in [1.165, 1.54) is 0 Å². The highest BCUT2D eigenvalue weighted by molar-refractivity contribution is 9.10. The quantitative estimate of drug-likeness (QED) is 0.311. The Hall–Kier alpha value is -2.48. The van der Waals surface area contributed by atoms with E-state index in [-0.39, 0.29) is 5.82 Å². The molecule has 4 rings (SSSR count). The minimum absolute atomic E-state index is 0.0625. The van der Waals surface area contributed by atoms with Gasteiger partial charge in [0.15, 0.2) is 5.82 Å². The zero-order valence-corrected chi connectivity index (χ0v) is 19.7. The van der Waals surface area contributed by atoms with Crippen LogP contribution >= 0.6 is 43.5 Å². The highest BCUT2D eigenvalue weighted by atomic mass is 79.9. The van der Waals surface area contributed by atoms with Crippen molar-refractivity contribution in [1.29, 1.82) is 0 Å². The third-order valence-corrected chi connectivity index (χ3v) is 5.88. The van der Waals surface area contributed by atoms with E-state index in [0.717, 1.165) is 25.8 Å². The van der Waals surface area contributed by atoms with Gasteiger partial charge in [-0.1, -0.05) is 61.7 Å². The number of carbonyl (C=O) groups excluding carboxylic acids is 1. The number of aryl methyl sites for hydroxylation is 1. The molecule has 0 spiro atoms. The van der Waals surface area contributed by atoms with Crippen LogP contribution in [0.1, 0.15) is 16.2 Å². The van der Waals surface area contributed by atoms with Crippen LogP contribution < -0.4 is 5.32 Å². The molecule has 30 heavy (non-hydrogen) atoms. The molecule has 8 heteroatoms. The van der Waals surface area contributed by atoms with E-state index in [1.807, 2.05) is 61.5 Å². The molecule has 0 aliphatic rings. The first-order valence-corrected chi connectivity index (χ1v) is 10.9. The molecule has 1 heterocycles. The Morgan fingerprint density at radius 3 is 2.23 bits per heavy atom. The predicted molar refractivity (Wildman–Crippen MR) is 126 cm³/mol. The van der Waals surface area contributed by atoms with Crippen LogP contribution in [0.5, 0.6) is 0 Å². The highest BCUT2D eigenvalue weighted by Gasteiger charge is 2.19. The summed E-state index contributed by atoms with van der Waals surface area (Å²) in [5.41, 5.74) is 3.15. The van der Waals surface area contributed by atoms with Crippen LogP contribution in [0.15, 0.2) is 75.7 Å². The van der Waals surface area contributed by atoms with Gasteiger partial charge in [0.05, 0.1) is 5.69 Å². The fraction of sp³-hybridized carbons (Fsp3) is 0.0455. The van der Waals surface area contributed by atoms with Gasteiger partial charge >= 0.3 is 0 Å². The number of nitrogens with zero attached hydrogens (tertiary/aromatic N) is 3. The molecule has 0 aliphatic heterocycles. The summed E-state index contributed by atoms with van der Waals surface area (Å²) in [6.07, 6.45) is 0. The SMILES string of the molecule is Cc1ccc(NC(=O)c2nc(-c3ccc(Br)cc3)n(-c3ccc(Br)cc3)n2)cc1Cl. The van der Waals surface area contributed by atoms with E-state index >= 15 is 0 Å². The molecule has 1 N–H and O–H groups in total. The number of hydrogen-bond donors (Lipinski definition) is 1. The number of carbonyl (C=O) groups is 1. The second-order valence-corrected chi connectivity index (χ2v) is 8.81. The van der Waals surface area contributed by atoms with Crippen molar-refractivity contribution < 1.29 is 4.79 Å². The van der Waals surface area contributed by atoms with Gasteiger partial charge in [-0.25, -0.2) is 9.67 Å². The number of aromatic nitrogens is 3. The Bertz CT molecular complexity index is 1160. The molecule has 1 amide bonds. The molecule has 0 atom stereocenters. The predicted octanol–water partition coefficient (Wildman–Crippen LogP) is 6.67. The second-order valence-electron chi connectivity index (χ2n) is 6.57. The lowest BCUT2D eigenvalue weighted by Crippen LogP contribution is -2.14. The van der Waals surface area contributed by atoms with E-state index < -0.39 is 5.91 Å². The first-order chi connectivity index (χ1) is 14.4. The molecule has 0 saturated carbocycles. The molecule has 0 bridgehead atoms. The Morgan fingerprint density at radius 2 is 1.60 bits per heavy atom. The van der Waals surface area contributed by atoms with Gasteiger partial charge in [0.1, 0.15) is 0 Å². The summed E-state index contributed by atoms with van der Waals surface area (Å²) in [6, 6.07) is 20.7. The summed E-state index contributed by atoms with van der Waals surface area (Å²) in [7, 11) is 0. The second kappa shape index (κ2) is 8.71. The molecule has 150 valence electrons. The minimum Gasteiger partial charge on any atom is -0.319 e. The minimum atomic E-state index is -0.413. The van der Waals surface area contributed by atoms with Crippen molar-refractivity contribution >= 4 is 55.1 Å². The van der Waals surface area contributed by atoms with Crippen molar-refractivity contribution in [2.45, 2.75) is 6.92 Å². The Morgan fingerprint density at radius 1 is 0.967 bits per heavy atom. The number of amides is 1. The van der Waals surface area contributed by atoms with Gasteiger partial charge in [0.25, 0.3) is 5.91 Å². The maximum atomic E-state index is 12.8. The van der Waals surface area contributed by atoms with E-state index in [2.05, 4.69) is 47.3 Å². The maximum Gasteiger partial charge on any atom is 0.295 e. The van der Waals surface area contributed by atoms with Gasteiger partial charge in [0, 0.05) is 25.2 Å². The maximum absolute atomic E-state index is 12.8. The number of nitrogens with one attached hydrogen (secondary N) is 1. The average molecular weight is 547 g/mol. The monoisotopic (exact) mass is 544 g/mol. The zero-order valence-electron chi connectivity index (χ0n) is 15.7. The third-order valence-electron chi connectivity index (χ3n) is 4.41. The first kappa shape index (κ1) is 20.8. The van der Waals surface area contributed by atoms with Gasteiger partial charge in [0.2, 0.25) is 5.82 Å². The molecule has 0 saturated heterocycles. The smallest absolute Gasteiger partial charge is 0.295 e. The summed E-state index contributed by atoms with van der Waals surface area (Å²) in [6.45, 7) is 1.90. The summed E-state index contributed by atoms with van der Waals surface area (Å²) >= 11 is 13.0. The fourth-order valence-corrected chi connectivity index (χ4v) is 3.52. The van der Waals surface area contributed by atoms with Crippen LogP contribution in [0.2, 0.25) is 5.02 Å². The first-order valence-electron chi connectivity index (χ1n) is 8.97. The van der Waals surface area contributed by atoms with E-state index in [1.54, 1.807) is 16.8 Å². The molecule has 0 aliphatic carbocycles. The normalized spacial score (nSPS) is 10.8. The molecule has 4 aromatic rings. The van der Waals surface area contributed by atoms with Crippen molar-refractivity contribution in [2.75, 3.05) is 5.32 Å². The molecule has 1 aromatic heterocycles. The summed E-state index contributed by atoms with van der Waals surface area (Å²) in [5.74, 6) is 0.216. The standard InChI is InChI=1S/C22H15Br2ClN4O/c1-13-2-9-17(12-19(13)25)26-22(30)20-27-21(14-3-5-15(23)6-4-14)29(28-20)18-10-7-16(24)8-11-18/h2-12H,1H3,(H,26,30). The summed E-state index contributed by atoms with van der Waals surface area (Å²) < 4.78 is 3.56. The van der Waals surface area contributed by atoms with Crippen LogP contribution in [0, 0.1) is 6.92 Å². The highest BCUT2D eigenvalue weighted by Crippen LogP contribution is 2.25. The topological polar surface area (TPSA) is 59.8 Å². The Balaban J connectivity index is 1.74. The van der Waals surface area contributed by atoms with Gasteiger partial charge in [-0.3, -0.25) is 4.79 Å². The lowest BCUT2D eigenvalue weighted by Gasteiger charge is -2.06. The van der Waals surface area contributed by atoms with Crippen LogP contribution in [0.3, 0.4) is 0 Å². The number of hydrogen-bond acceptors (Lipinski definition) is 3. The van der Waals surface area contributed by atoms with E-state index in [0.29, 0.717) is 16.5 Å². The van der Waals surface area contributed by atoms with Gasteiger partial charge in [-0.15, -0.1) is 5.10 Å². The molecule has 0 radical (unpaired) electrons. The molecule has 5 nitrogen and oxygen atoms in total. The fourth-order valence-electron chi connectivity index (χ4n) is 2.81. The van der Waals surface area contributed by atoms with E-state index in [4.69, 9.17) is 11.6 Å². The summed E-state index contributed by atoms with van der Waals surface area (Å²) in [4.78, 5) is 17.4. The number of benzene rings is 3. The molecule has 0 unspecified atom stereocenters. The third kappa shape index (κ3) is 4.48. The van der Waals surface area contributed by atoms with Crippen molar-refractivity contribution in [3.63, 3.8) is 0 Å². The van der Waals surface area contributed by atoms with E-state index in [9.17, 15) is 4.79 Å². The molecule has 3 aromatic carbocycles. The van der Waals surface area contributed by atoms with Gasteiger partial charge in [-0.05, 0) is 61.0 Å². The van der Waals surface area contributed by atoms with Crippen molar-refractivity contribution in [3.05, 3.63) is 92.1 Å². The lowest BCUT2D eigenvalue weighted by molar-refractivity contribution is 0.101. The van der Waals surface area contributed by atoms with Gasteiger partial charge in [-0.2, -0.15) is 0 Å². The number of anilines is 1. The van der Waals surface area contributed by atoms with Crippen LogP contribution in [-0.2, 0) is 0 Å². The lowest BCUT2D eigenvalue weighted by atomic mass is 10.2. The molecule has 0 fully saturated rings. The Labute approximate surface area is 195 Å². The van der Waals surface area contributed by atoms with Crippen LogP contribution in [-0.4, -0.2) is 20.7 Å². The molecular formula is C22H15Br2ClN4O. The summed E-state index contributed by atoms with van der Waals surface area (Å²) in [5, 5.41) is 7.87. The van der Waals surface area contributed by atoms with Gasteiger partial charge < -0.3 is 5.32 Å².